The summed E-state index contributed by atoms with van der Waals surface area (Å²) in [6.07, 6.45) is 3.13. The largest absolute Gasteiger partial charge is 0.309 e. The third-order valence-corrected chi connectivity index (χ3v) is 2.86. The molecule has 1 aliphatic carbocycles. The summed E-state index contributed by atoms with van der Waals surface area (Å²) in [4.78, 5) is 8.92. The third kappa shape index (κ3) is 2.75. The quantitative estimate of drug-likeness (QED) is 0.818. The van der Waals surface area contributed by atoms with Crippen LogP contribution in [0.4, 0.5) is 0 Å². The van der Waals surface area contributed by atoms with E-state index in [1.807, 2.05) is 12.3 Å². The van der Waals surface area contributed by atoms with E-state index in [2.05, 4.69) is 36.1 Å². The molecule has 2 unspecified atom stereocenters. The van der Waals surface area contributed by atoms with Gasteiger partial charge in [0.2, 0.25) is 0 Å². The SMILES string of the molecule is CC(C)NCc1ccnc(C2CC2C)n1. The number of hydrogen-bond donors (Lipinski definition) is 1. The average Bonchev–Trinajstić information content (AvgIpc) is 2.93. The first-order valence-corrected chi connectivity index (χ1v) is 5.72. The van der Waals surface area contributed by atoms with Gasteiger partial charge in [-0.3, -0.25) is 0 Å². The number of aromatic nitrogens is 2. The van der Waals surface area contributed by atoms with Crippen molar-refractivity contribution in [2.45, 2.75) is 45.7 Å². The molecule has 82 valence electrons. The van der Waals surface area contributed by atoms with Crippen LogP contribution in [0.1, 0.15) is 44.6 Å². The van der Waals surface area contributed by atoms with Crippen molar-refractivity contribution in [1.82, 2.24) is 15.3 Å². The predicted molar refractivity (Wildman–Crippen MR) is 60.5 cm³/mol. The highest BCUT2D eigenvalue weighted by Crippen LogP contribution is 2.45. The Morgan fingerprint density at radius 3 is 2.87 bits per heavy atom. The normalized spacial score (nSPS) is 24.5. The van der Waals surface area contributed by atoms with Crippen molar-refractivity contribution in [3.05, 3.63) is 23.8 Å². The molecular weight excluding hydrogens is 186 g/mol. The fourth-order valence-corrected chi connectivity index (χ4v) is 1.68. The molecule has 3 nitrogen and oxygen atoms in total. The minimum absolute atomic E-state index is 0.503. The summed E-state index contributed by atoms with van der Waals surface area (Å²) in [5.74, 6) is 2.42. The van der Waals surface area contributed by atoms with Gasteiger partial charge in [-0.1, -0.05) is 20.8 Å². The van der Waals surface area contributed by atoms with Gasteiger partial charge in [-0.15, -0.1) is 0 Å². The molecule has 0 spiro atoms. The Labute approximate surface area is 91.3 Å². The zero-order chi connectivity index (χ0) is 10.8. The first-order valence-electron chi connectivity index (χ1n) is 5.72. The summed E-state index contributed by atoms with van der Waals surface area (Å²) in [7, 11) is 0. The molecule has 2 rings (SSSR count). The van der Waals surface area contributed by atoms with Crippen LogP contribution in [0.5, 0.6) is 0 Å². The minimum Gasteiger partial charge on any atom is -0.309 e. The molecule has 0 aliphatic heterocycles. The van der Waals surface area contributed by atoms with Crippen LogP contribution in [-0.4, -0.2) is 16.0 Å². The number of hydrogen-bond acceptors (Lipinski definition) is 3. The van der Waals surface area contributed by atoms with Crippen molar-refractivity contribution in [3.63, 3.8) is 0 Å². The Kier molecular flexibility index (Phi) is 3.00. The van der Waals surface area contributed by atoms with E-state index >= 15 is 0 Å². The second kappa shape index (κ2) is 4.27. The van der Waals surface area contributed by atoms with Crippen LogP contribution in [0, 0.1) is 5.92 Å². The first-order chi connectivity index (χ1) is 7.16. The van der Waals surface area contributed by atoms with E-state index in [9.17, 15) is 0 Å². The molecule has 0 radical (unpaired) electrons. The summed E-state index contributed by atoms with van der Waals surface area (Å²) in [5.41, 5.74) is 1.10. The van der Waals surface area contributed by atoms with E-state index in [0.29, 0.717) is 12.0 Å². The highest BCUT2D eigenvalue weighted by molar-refractivity contribution is 5.12. The van der Waals surface area contributed by atoms with Crippen LogP contribution in [0.25, 0.3) is 0 Å². The van der Waals surface area contributed by atoms with Crippen LogP contribution >= 0.6 is 0 Å². The van der Waals surface area contributed by atoms with Gasteiger partial charge in [0.25, 0.3) is 0 Å². The van der Waals surface area contributed by atoms with Crippen LogP contribution in [0.15, 0.2) is 12.3 Å². The summed E-state index contributed by atoms with van der Waals surface area (Å²) in [6.45, 7) is 7.39. The van der Waals surface area contributed by atoms with Gasteiger partial charge in [0.05, 0.1) is 5.69 Å². The molecule has 2 atom stereocenters. The lowest BCUT2D eigenvalue weighted by atomic mass is 10.3. The van der Waals surface area contributed by atoms with E-state index < -0.39 is 0 Å². The van der Waals surface area contributed by atoms with E-state index in [0.717, 1.165) is 24.0 Å². The van der Waals surface area contributed by atoms with E-state index in [1.54, 1.807) is 0 Å². The molecule has 1 aromatic heterocycles. The summed E-state index contributed by atoms with van der Waals surface area (Å²) in [5, 5.41) is 3.37. The Morgan fingerprint density at radius 2 is 2.27 bits per heavy atom. The average molecular weight is 205 g/mol. The monoisotopic (exact) mass is 205 g/mol. The Morgan fingerprint density at radius 1 is 1.53 bits per heavy atom. The lowest BCUT2D eigenvalue weighted by Gasteiger charge is -2.07. The molecule has 3 heteroatoms. The van der Waals surface area contributed by atoms with E-state index in [4.69, 9.17) is 0 Å². The molecule has 1 N–H and O–H groups in total. The molecule has 1 aliphatic rings. The van der Waals surface area contributed by atoms with Gasteiger partial charge in [0.15, 0.2) is 0 Å². The number of nitrogens with zero attached hydrogens (tertiary/aromatic N) is 2. The van der Waals surface area contributed by atoms with Crippen molar-refractivity contribution < 1.29 is 0 Å². The van der Waals surface area contributed by atoms with Crippen molar-refractivity contribution in [1.29, 1.82) is 0 Å². The highest BCUT2D eigenvalue weighted by atomic mass is 15.0. The maximum Gasteiger partial charge on any atom is 0.131 e. The molecule has 0 bridgehead atoms. The van der Waals surface area contributed by atoms with Crippen molar-refractivity contribution in [3.8, 4) is 0 Å². The maximum absolute atomic E-state index is 4.58. The number of rotatable bonds is 4. The van der Waals surface area contributed by atoms with Crippen LogP contribution in [0.2, 0.25) is 0 Å². The topological polar surface area (TPSA) is 37.8 Å². The van der Waals surface area contributed by atoms with Gasteiger partial charge in [-0.05, 0) is 18.4 Å². The molecule has 1 saturated carbocycles. The van der Waals surface area contributed by atoms with Gasteiger partial charge in [0, 0.05) is 24.7 Å². The van der Waals surface area contributed by atoms with Crippen molar-refractivity contribution in [2.24, 2.45) is 5.92 Å². The minimum atomic E-state index is 0.503. The lowest BCUT2D eigenvalue weighted by molar-refractivity contribution is 0.578. The molecule has 1 heterocycles. The fourth-order valence-electron chi connectivity index (χ4n) is 1.68. The van der Waals surface area contributed by atoms with Crippen LogP contribution in [0.3, 0.4) is 0 Å². The number of nitrogens with one attached hydrogen (secondary N) is 1. The molecule has 1 fully saturated rings. The molecule has 0 aromatic carbocycles. The highest BCUT2D eigenvalue weighted by Gasteiger charge is 2.36. The molecular formula is C12H19N3. The molecule has 0 amide bonds. The van der Waals surface area contributed by atoms with Gasteiger partial charge in [-0.2, -0.15) is 0 Å². The standard InChI is InChI=1S/C12H19N3/c1-8(2)14-7-10-4-5-13-12(15-10)11-6-9(11)3/h4-5,8-9,11,14H,6-7H2,1-3H3. The van der Waals surface area contributed by atoms with Crippen molar-refractivity contribution in [2.75, 3.05) is 0 Å². The Hall–Kier alpha value is -0.960. The Balaban J connectivity index is 1.99. The van der Waals surface area contributed by atoms with Gasteiger partial charge >= 0.3 is 0 Å². The second-order valence-electron chi connectivity index (χ2n) is 4.76. The van der Waals surface area contributed by atoms with Crippen LogP contribution < -0.4 is 5.32 Å². The Bertz CT molecular complexity index is 335. The van der Waals surface area contributed by atoms with Gasteiger partial charge < -0.3 is 5.32 Å². The van der Waals surface area contributed by atoms with Gasteiger partial charge in [0.1, 0.15) is 5.82 Å². The lowest BCUT2D eigenvalue weighted by Crippen LogP contribution is -2.22. The summed E-state index contributed by atoms with van der Waals surface area (Å²) in [6, 6.07) is 2.50. The maximum atomic E-state index is 4.58. The van der Waals surface area contributed by atoms with Crippen molar-refractivity contribution >= 4 is 0 Å². The zero-order valence-corrected chi connectivity index (χ0v) is 9.70. The molecule has 15 heavy (non-hydrogen) atoms. The smallest absolute Gasteiger partial charge is 0.131 e. The fraction of sp³-hybridized carbons (Fsp3) is 0.667. The van der Waals surface area contributed by atoms with Gasteiger partial charge in [-0.25, -0.2) is 9.97 Å². The molecule has 0 saturated heterocycles. The van der Waals surface area contributed by atoms with E-state index in [1.165, 1.54) is 6.42 Å². The first kappa shape index (κ1) is 10.6. The summed E-state index contributed by atoms with van der Waals surface area (Å²) < 4.78 is 0. The summed E-state index contributed by atoms with van der Waals surface area (Å²) >= 11 is 0. The zero-order valence-electron chi connectivity index (χ0n) is 9.70. The third-order valence-electron chi connectivity index (χ3n) is 2.86. The van der Waals surface area contributed by atoms with Crippen LogP contribution in [-0.2, 0) is 6.54 Å². The molecule has 1 aromatic rings. The predicted octanol–water partition coefficient (Wildman–Crippen LogP) is 2.10. The van der Waals surface area contributed by atoms with E-state index in [-0.39, 0.29) is 0 Å². The second-order valence-corrected chi connectivity index (χ2v) is 4.76.